The van der Waals surface area contributed by atoms with Crippen molar-refractivity contribution >= 4 is 22.8 Å². The van der Waals surface area contributed by atoms with Gasteiger partial charge in [0.15, 0.2) is 5.96 Å². The molecule has 1 unspecified atom stereocenters. The third kappa shape index (κ3) is 5.25. The molecule has 0 bridgehead atoms. The first-order valence-electron chi connectivity index (χ1n) is 9.94. The minimum absolute atomic E-state index is 0.0225. The number of aryl methyl sites for hydroxylation is 1. The van der Waals surface area contributed by atoms with E-state index in [0.717, 1.165) is 37.9 Å². The fourth-order valence-corrected chi connectivity index (χ4v) is 3.44. The molecule has 0 saturated carbocycles. The highest BCUT2D eigenvalue weighted by Gasteiger charge is 2.16. The monoisotopic (exact) mass is 385 g/mol. The summed E-state index contributed by atoms with van der Waals surface area (Å²) < 4.78 is 5.67. The summed E-state index contributed by atoms with van der Waals surface area (Å²) in [5.41, 5.74) is 3.67. The van der Waals surface area contributed by atoms with Gasteiger partial charge in [0.2, 0.25) is 5.91 Å². The first-order valence-corrected chi connectivity index (χ1v) is 9.94. The number of ether oxygens (including phenoxy) is 1. The van der Waals surface area contributed by atoms with Crippen molar-refractivity contribution in [2.45, 2.75) is 32.3 Å². The van der Waals surface area contributed by atoms with Crippen LogP contribution >= 0.6 is 0 Å². The molecule has 3 N–H and O–H groups in total. The van der Waals surface area contributed by atoms with Gasteiger partial charge < -0.3 is 25.3 Å². The zero-order valence-electron chi connectivity index (χ0n) is 17.0. The number of benzene rings is 1. The topological polar surface area (TPSA) is 81.8 Å². The van der Waals surface area contributed by atoms with Crippen molar-refractivity contribution in [3.05, 3.63) is 35.5 Å². The number of rotatable bonds is 7. The average Bonchev–Trinajstić information content (AvgIpc) is 3.30. The van der Waals surface area contributed by atoms with Crippen molar-refractivity contribution in [3.8, 4) is 0 Å². The first-order chi connectivity index (χ1) is 13.5. The van der Waals surface area contributed by atoms with Gasteiger partial charge in [-0.15, -0.1) is 0 Å². The Morgan fingerprint density at radius 2 is 2.14 bits per heavy atom. The molecule has 28 heavy (non-hydrogen) atoms. The van der Waals surface area contributed by atoms with Gasteiger partial charge in [0.25, 0.3) is 0 Å². The molecule has 1 aromatic carbocycles. The highest BCUT2D eigenvalue weighted by Crippen LogP contribution is 2.21. The number of guanidine groups is 1. The van der Waals surface area contributed by atoms with Gasteiger partial charge in [0.1, 0.15) is 6.54 Å². The fourth-order valence-electron chi connectivity index (χ4n) is 3.44. The van der Waals surface area contributed by atoms with Gasteiger partial charge in [-0.05, 0) is 37.8 Å². The summed E-state index contributed by atoms with van der Waals surface area (Å²) in [6, 6.07) is 8.36. The maximum absolute atomic E-state index is 11.9. The highest BCUT2D eigenvalue weighted by molar-refractivity contribution is 5.86. The molecular weight excluding hydrogens is 354 g/mol. The predicted molar refractivity (Wildman–Crippen MR) is 113 cm³/mol. The van der Waals surface area contributed by atoms with E-state index in [1.165, 1.54) is 16.6 Å². The predicted octanol–water partition coefficient (Wildman–Crippen LogP) is 1.82. The Kier molecular flexibility index (Phi) is 6.92. The van der Waals surface area contributed by atoms with Crippen molar-refractivity contribution in [2.75, 3.05) is 40.3 Å². The summed E-state index contributed by atoms with van der Waals surface area (Å²) in [7, 11) is 3.48. The van der Waals surface area contributed by atoms with E-state index in [1.807, 2.05) is 6.07 Å². The van der Waals surface area contributed by atoms with Crippen molar-refractivity contribution in [1.29, 1.82) is 0 Å². The van der Waals surface area contributed by atoms with Gasteiger partial charge in [-0.2, -0.15) is 0 Å². The Balaban J connectivity index is 1.60. The number of carbonyl (C=O) groups is 1. The molecule has 1 fully saturated rings. The molecule has 1 amide bonds. The molecule has 1 aliphatic heterocycles. The van der Waals surface area contributed by atoms with E-state index in [4.69, 9.17) is 4.74 Å². The molecule has 7 heteroatoms. The largest absolute Gasteiger partial charge is 0.376 e. The van der Waals surface area contributed by atoms with E-state index in [2.05, 4.69) is 45.7 Å². The second-order valence-corrected chi connectivity index (χ2v) is 7.42. The molecule has 1 aromatic heterocycles. The number of nitrogens with zero attached hydrogens (tertiary/aromatic N) is 2. The third-order valence-corrected chi connectivity index (χ3v) is 5.09. The van der Waals surface area contributed by atoms with E-state index in [-0.39, 0.29) is 18.6 Å². The normalized spacial score (nSPS) is 17.1. The second-order valence-electron chi connectivity index (χ2n) is 7.42. The van der Waals surface area contributed by atoms with Gasteiger partial charge in [0.05, 0.1) is 6.10 Å². The van der Waals surface area contributed by atoms with Crippen LogP contribution in [0.1, 0.15) is 24.1 Å². The summed E-state index contributed by atoms with van der Waals surface area (Å²) in [6.45, 7) is 4.49. The number of aromatic nitrogens is 1. The zero-order valence-corrected chi connectivity index (χ0v) is 17.0. The molecule has 1 aliphatic rings. The number of para-hydroxylation sites is 1. The number of hydrogen-bond acceptors (Lipinski definition) is 3. The summed E-state index contributed by atoms with van der Waals surface area (Å²) in [5, 5.41) is 7.95. The van der Waals surface area contributed by atoms with Gasteiger partial charge >= 0.3 is 0 Å². The number of H-pyrrole nitrogens is 1. The smallest absolute Gasteiger partial charge is 0.243 e. The third-order valence-electron chi connectivity index (χ3n) is 5.09. The Labute approximate surface area is 166 Å². The van der Waals surface area contributed by atoms with Crippen molar-refractivity contribution in [1.82, 2.24) is 20.5 Å². The fraction of sp³-hybridized carbons (Fsp3) is 0.524. The summed E-state index contributed by atoms with van der Waals surface area (Å²) >= 11 is 0. The van der Waals surface area contributed by atoms with Crippen LogP contribution in [-0.4, -0.2) is 68.2 Å². The summed E-state index contributed by atoms with van der Waals surface area (Å²) in [6.07, 6.45) is 3.25. The standard InChI is InChI=1S/C21H31N5O2/c1-15-17(18-8-4-5-9-19(18)25-15)10-11-22-21(24-14-20(27)26(2)3)23-13-16-7-6-12-28-16/h4-5,8-9,16,25H,6-7,10-14H2,1-3H3,(H2,22,23,24). The van der Waals surface area contributed by atoms with Gasteiger partial charge in [-0.25, -0.2) is 4.99 Å². The molecule has 0 aliphatic carbocycles. The van der Waals surface area contributed by atoms with Crippen LogP contribution < -0.4 is 10.6 Å². The summed E-state index contributed by atoms with van der Waals surface area (Å²) in [4.78, 5) is 21.3. The maximum atomic E-state index is 11.9. The van der Waals surface area contributed by atoms with Crippen LogP contribution in [-0.2, 0) is 16.0 Å². The quantitative estimate of drug-likeness (QED) is 0.502. The average molecular weight is 386 g/mol. The van der Waals surface area contributed by atoms with Crippen molar-refractivity contribution < 1.29 is 9.53 Å². The number of aromatic amines is 1. The Hall–Kier alpha value is -2.54. The van der Waals surface area contributed by atoms with Gasteiger partial charge in [0, 0.05) is 50.4 Å². The van der Waals surface area contributed by atoms with Crippen molar-refractivity contribution in [3.63, 3.8) is 0 Å². The molecule has 1 saturated heterocycles. The lowest BCUT2D eigenvalue weighted by molar-refractivity contribution is -0.127. The minimum Gasteiger partial charge on any atom is -0.376 e. The first kappa shape index (κ1) is 20.2. The lowest BCUT2D eigenvalue weighted by Gasteiger charge is -2.16. The number of fused-ring (bicyclic) bond motifs is 1. The van der Waals surface area contributed by atoms with Crippen LogP contribution in [0.5, 0.6) is 0 Å². The zero-order chi connectivity index (χ0) is 19.9. The van der Waals surface area contributed by atoms with Crippen LogP contribution in [0.2, 0.25) is 0 Å². The molecule has 0 radical (unpaired) electrons. The van der Waals surface area contributed by atoms with E-state index >= 15 is 0 Å². The lowest BCUT2D eigenvalue weighted by atomic mass is 10.1. The molecule has 2 aromatic rings. The van der Waals surface area contributed by atoms with Crippen LogP contribution in [0, 0.1) is 6.92 Å². The molecular formula is C21H31N5O2. The Bertz CT molecular complexity index is 821. The van der Waals surface area contributed by atoms with Crippen molar-refractivity contribution in [2.24, 2.45) is 4.99 Å². The Morgan fingerprint density at radius 1 is 1.32 bits per heavy atom. The Morgan fingerprint density at radius 3 is 2.89 bits per heavy atom. The number of amides is 1. The molecule has 1 atom stereocenters. The summed E-state index contributed by atoms with van der Waals surface area (Å²) in [5.74, 6) is 0.633. The van der Waals surface area contributed by atoms with Gasteiger partial charge in [-0.3, -0.25) is 4.79 Å². The number of aliphatic imine (C=N–C) groups is 1. The highest BCUT2D eigenvalue weighted by atomic mass is 16.5. The minimum atomic E-state index is -0.0225. The van der Waals surface area contributed by atoms with E-state index < -0.39 is 0 Å². The molecule has 2 heterocycles. The van der Waals surface area contributed by atoms with Crippen LogP contribution in [0.3, 0.4) is 0 Å². The number of carbonyl (C=O) groups excluding carboxylic acids is 1. The number of hydrogen-bond donors (Lipinski definition) is 3. The molecule has 0 spiro atoms. The molecule has 7 nitrogen and oxygen atoms in total. The molecule has 152 valence electrons. The van der Waals surface area contributed by atoms with E-state index in [0.29, 0.717) is 12.5 Å². The lowest BCUT2D eigenvalue weighted by Crippen LogP contribution is -2.42. The van der Waals surface area contributed by atoms with Crippen LogP contribution in [0.4, 0.5) is 0 Å². The SMILES string of the molecule is Cc1[nH]c2ccccc2c1CCNC(=NCC(=O)N(C)C)NCC1CCCO1. The second kappa shape index (κ2) is 9.59. The van der Waals surface area contributed by atoms with Crippen LogP contribution in [0.25, 0.3) is 10.9 Å². The number of likely N-dealkylation sites (N-methyl/N-ethyl adjacent to an activating group) is 1. The molecule has 3 rings (SSSR count). The van der Waals surface area contributed by atoms with Gasteiger partial charge in [-0.1, -0.05) is 18.2 Å². The maximum Gasteiger partial charge on any atom is 0.243 e. The number of nitrogens with one attached hydrogen (secondary N) is 3. The van der Waals surface area contributed by atoms with E-state index in [9.17, 15) is 4.79 Å². The van der Waals surface area contributed by atoms with Crippen LogP contribution in [0.15, 0.2) is 29.3 Å². The van der Waals surface area contributed by atoms with E-state index in [1.54, 1.807) is 19.0 Å².